The largest absolute Gasteiger partial charge is 0.463 e. The van der Waals surface area contributed by atoms with E-state index in [0.29, 0.717) is 28.8 Å². The minimum atomic E-state index is -0.431. The van der Waals surface area contributed by atoms with E-state index in [0.717, 1.165) is 5.56 Å². The van der Waals surface area contributed by atoms with Gasteiger partial charge in [0.05, 0.1) is 18.5 Å². The van der Waals surface area contributed by atoms with Crippen molar-refractivity contribution in [3.8, 4) is 0 Å². The molecule has 0 bridgehead atoms. The Balaban J connectivity index is 1.84. The number of carbonyl (C=O) groups is 1. The fourth-order valence-electron chi connectivity index (χ4n) is 2.30. The van der Waals surface area contributed by atoms with Gasteiger partial charge in [0.25, 0.3) is 5.56 Å². The molecule has 2 aromatic heterocycles. The van der Waals surface area contributed by atoms with E-state index in [2.05, 4.69) is 19.9 Å². The van der Waals surface area contributed by atoms with Crippen LogP contribution >= 0.6 is 11.8 Å². The van der Waals surface area contributed by atoms with Crippen molar-refractivity contribution < 1.29 is 9.53 Å². The normalized spacial score (nSPS) is 11.6. The number of hydrogen-bond acceptors (Lipinski definition) is 7. The molecule has 0 amide bonds. The predicted molar refractivity (Wildman–Crippen MR) is 104 cm³/mol. The van der Waals surface area contributed by atoms with Crippen molar-refractivity contribution >= 4 is 35.0 Å². The van der Waals surface area contributed by atoms with E-state index < -0.39 is 5.97 Å². The number of rotatable bonds is 6. The van der Waals surface area contributed by atoms with Crippen molar-refractivity contribution in [1.29, 1.82) is 0 Å². The first kappa shape index (κ1) is 18.8. The van der Waals surface area contributed by atoms with Gasteiger partial charge in [0, 0.05) is 11.3 Å². The standard InChI is InChI=1S/C19H18N4O3S/c1-3-26-18(25)12(2)9-14-10-20-16-15(21-14)17(24)23-19(22-16)27-11-13-7-5-4-6-8-13/h4-10H,3,11H2,1-2H3,(H,20,22,23,24)/b12-9+. The van der Waals surface area contributed by atoms with Crippen LogP contribution < -0.4 is 5.56 Å². The first-order valence-corrected chi connectivity index (χ1v) is 9.34. The number of nitrogens with zero attached hydrogens (tertiary/aromatic N) is 3. The smallest absolute Gasteiger partial charge is 0.333 e. The van der Waals surface area contributed by atoms with Crippen molar-refractivity contribution in [2.75, 3.05) is 6.61 Å². The van der Waals surface area contributed by atoms with Gasteiger partial charge >= 0.3 is 5.97 Å². The van der Waals surface area contributed by atoms with Gasteiger partial charge in [0.2, 0.25) is 0 Å². The van der Waals surface area contributed by atoms with Gasteiger partial charge in [-0.1, -0.05) is 42.1 Å². The average molecular weight is 382 g/mol. The first-order valence-electron chi connectivity index (χ1n) is 8.36. The van der Waals surface area contributed by atoms with E-state index in [4.69, 9.17) is 4.74 Å². The molecule has 0 saturated heterocycles. The quantitative estimate of drug-likeness (QED) is 0.303. The predicted octanol–water partition coefficient (Wildman–Crippen LogP) is 2.97. The summed E-state index contributed by atoms with van der Waals surface area (Å²) in [5.74, 6) is 0.251. The number of aromatic nitrogens is 4. The number of carbonyl (C=O) groups excluding carboxylic acids is 1. The Labute approximate surface area is 159 Å². The number of nitrogens with one attached hydrogen (secondary N) is 1. The molecule has 0 unspecified atom stereocenters. The molecule has 0 aliphatic carbocycles. The molecule has 1 N–H and O–H groups in total. The van der Waals surface area contributed by atoms with Crippen LogP contribution in [0.5, 0.6) is 0 Å². The molecule has 0 aliphatic heterocycles. The number of H-pyrrole nitrogens is 1. The zero-order chi connectivity index (χ0) is 19.2. The van der Waals surface area contributed by atoms with Crippen molar-refractivity contribution in [2.24, 2.45) is 0 Å². The van der Waals surface area contributed by atoms with E-state index in [9.17, 15) is 9.59 Å². The summed E-state index contributed by atoms with van der Waals surface area (Å²) in [7, 11) is 0. The van der Waals surface area contributed by atoms with Gasteiger partial charge in [0.1, 0.15) is 0 Å². The lowest BCUT2D eigenvalue weighted by molar-refractivity contribution is -0.138. The Kier molecular flexibility index (Phi) is 5.97. The first-order chi connectivity index (χ1) is 13.1. The monoisotopic (exact) mass is 382 g/mol. The summed E-state index contributed by atoms with van der Waals surface area (Å²) in [5, 5.41) is 0.483. The highest BCUT2D eigenvalue weighted by atomic mass is 32.2. The van der Waals surface area contributed by atoms with Crippen LogP contribution in [0, 0.1) is 0 Å². The molecule has 7 nitrogen and oxygen atoms in total. The lowest BCUT2D eigenvalue weighted by Gasteiger charge is -2.04. The van der Waals surface area contributed by atoms with Crippen LogP contribution in [0.25, 0.3) is 17.2 Å². The highest BCUT2D eigenvalue weighted by Gasteiger charge is 2.10. The van der Waals surface area contributed by atoms with Crippen LogP contribution in [0.1, 0.15) is 25.1 Å². The van der Waals surface area contributed by atoms with Gasteiger partial charge in [-0.2, -0.15) is 0 Å². The molecule has 0 atom stereocenters. The molecule has 0 saturated carbocycles. The zero-order valence-electron chi connectivity index (χ0n) is 14.9. The number of hydrogen-bond donors (Lipinski definition) is 1. The van der Waals surface area contributed by atoms with Crippen LogP contribution in [0.15, 0.2) is 52.1 Å². The van der Waals surface area contributed by atoms with Crippen LogP contribution in [0.3, 0.4) is 0 Å². The molecule has 138 valence electrons. The lowest BCUT2D eigenvalue weighted by atomic mass is 10.2. The zero-order valence-corrected chi connectivity index (χ0v) is 15.7. The van der Waals surface area contributed by atoms with Crippen molar-refractivity contribution in [1.82, 2.24) is 19.9 Å². The second kappa shape index (κ2) is 8.59. The van der Waals surface area contributed by atoms with E-state index in [1.807, 2.05) is 30.3 Å². The summed E-state index contributed by atoms with van der Waals surface area (Å²) in [6.07, 6.45) is 3.01. The van der Waals surface area contributed by atoms with E-state index in [-0.39, 0.29) is 16.7 Å². The molecule has 0 fully saturated rings. The van der Waals surface area contributed by atoms with Crippen LogP contribution in [0.2, 0.25) is 0 Å². The molecule has 3 rings (SSSR count). The van der Waals surface area contributed by atoms with Crippen molar-refractivity contribution in [2.45, 2.75) is 24.8 Å². The average Bonchev–Trinajstić information content (AvgIpc) is 2.68. The number of fused-ring (bicyclic) bond motifs is 1. The Morgan fingerprint density at radius 3 is 2.78 bits per heavy atom. The summed E-state index contributed by atoms with van der Waals surface area (Å²) < 4.78 is 4.93. The molecule has 2 heterocycles. The molecule has 3 aromatic rings. The molecular formula is C19H18N4O3S. The number of esters is 1. The maximum absolute atomic E-state index is 12.4. The maximum atomic E-state index is 12.4. The highest BCUT2D eigenvalue weighted by molar-refractivity contribution is 7.98. The second-order valence-electron chi connectivity index (χ2n) is 5.66. The minimum absolute atomic E-state index is 0.129. The SMILES string of the molecule is CCOC(=O)/C(C)=C/c1cnc2nc(SCc3ccccc3)[nH]c(=O)c2n1. The number of aromatic amines is 1. The summed E-state index contributed by atoms with van der Waals surface area (Å²) in [6, 6.07) is 9.90. The fourth-order valence-corrected chi connectivity index (χ4v) is 3.11. The van der Waals surface area contributed by atoms with Gasteiger partial charge in [-0.15, -0.1) is 0 Å². The molecule has 27 heavy (non-hydrogen) atoms. The third-order valence-electron chi connectivity index (χ3n) is 3.59. The Bertz CT molecular complexity index is 1050. The van der Waals surface area contributed by atoms with Gasteiger partial charge < -0.3 is 4.74 Å². The van der Waals surface area contributed by atoms with Gasteiger partial charge in [0.15, 0.2) is 16.3 Å². The highest BCUT2D eigenvalue weighted by Crippen LogP contribution is 2.19. The Hall–Kier alpha value is -3.00. The van der Waals surface area contributed by atoms with Crippen LogP contribution in [0.4, 0.5) is 0 Å². The molecule has 0 radical (unpaired) electrons. The topological polar surface area (TPSA) is 97.8 Å². The molecular weight excluding hydrogens is 364 g/mol. The fraction of sp³-hybridized carbons (Fsp3) is 0.211. The second-order valence-corrected chi connectivity index (χ2v) is 6.62. The molecule has 1 aromatic carbocycles. The third-order valence-corrected chi connectivity index (χ3v) is 4.54. The summed E-state index contributed by atoms with van der Waals surface area (Å²) in [5.41, 5.74) is 1.93. The summed E-state index contributed by atoms with van der Waals surface area (Å²) in [4.78, 5) is 39.6. The molecule has 0 aliphatic rings. The van der Waals surface area contributed by atoms with Crippen molar-refractivity contribution in [3.63, 3.8) is 0 Å². The maximum Gasteiger partial charge on any atom is 0.333 e. The summed E-state index contributed by atoms with van der Waals surface area (Å²) in [6.45, 7) is 3.65. The van der Waals surface area contributed by atoms with E-state index >= 15 is 0 Å². The van der Waals surface area contributed by atoms with Crippen LogP contribution in [-0.4, -0.2) is 32.5 Å². The minimum Gasteiger partial charge on any atom is -0.463 e. The number of thioether (sulfide) groups is 1. The van der Waals surface area contributed by atoms with Gasteiger partial charge in [-0.3, -0.25) is 9.78 Å². The third kappa shape index (κ3) is 4.79. The van der Waals surface area contributed by atoms with Crippen LogP contribution in [-0.2, 0) is 15.3 Å². The Morgan fingerprint density at radius 2 is 2.04 bits per heavy atom. The summed E-state index contributed by atoms with van der Waals surface area (Å²) >= 11 is 1.42. The number of benzene rings is 1. The number of ether oxygens (including phenoxy) is 1. The van der Waals surface area contributed by atoms with E-state index in [1.54, 1.807) is 13.8 Å². The van der Waals surface area contributed by atoms with E-state index in [1.165, 1.54) is 24.0 Å². The lowest BCUT2D eigenvalue weighted by Crippen LogP contribution is -2.12. The molecule has 0 spiro atoms. The van der Waals surface area contributed by atoms with Gasteiger partial charge in [-0.25, -0.2) is 19.7 Å². The van der Waals surface area contributed by atoms with Gasteiger partial charge in [-0.05, 0) is 25.5 Å². The molecule has 8 heteroatoms. The Morgan fingerprint density at radius 1 is 1.26 bits per heavy atom. The van der Waals surface area contributed by atoms with Crippen molar-refractivity contribution in [3.05, 3.63) is 63.7 Å².